The third-order valence-corrected chi connectivity index (χ3v) is 7.04. The standard InChI is InChI=1S/C29H21Cl3N4O3/c30-20-8-11-23(31)22(16-20)19-12-13-36(25(37)15-19)24(14-17-4-2-1-3-5-17)28-34-26(27(32)35-28)18-6-9-21(10-7-18)33-29(38)39/h1-13,15-16,24,33H,14H2,(H,34,35)(H,38,39). The van der Waals surface area contributed by atoms with E-state index < -0.39 is 12.1 Å². The molecular formula is C29H21Cl3N4O3. The van der Waals surface area contributed by atoms with Crippen LogP contribution in [0.5, 0.6) is 0 Å². The first kappa shape index (κ1) is 26.6. The van der Waals surface area contributed by atoms with Gasteiger partial charge in [-0.25, -0.2) is 9.78 Å². The number of amides is 1. The Kier molecular flexibility index (Phi) is 7.74. The van der Waals surface area contributed by atoms with Crippen LogP contribution in [-0.4, -0.2) is 25.7 Å². The van der Waals surface area contributed by atoms with Crippen LogP contribution in [0.4, 0.5) is 10.5 Å². The first-order valence-corrected chi connectivity index (χ1v) is 13.0. The number of hydrogen-bond acceptors (Lipinski definition) is 3. The van der Waals surface area contributed by atoms with Gasteiger partial charge in [0.25, 0.3) is 5.56 Å². The Morgan fingerprint density at radius 1 is 0.949 bits per heavy atom. The second-order valence-corrected chi connectivity index (χ2v) is 10.0. The molecule has 2 heterocycles. The SMILES string of the molecule is O=C(O)Nc1ccc(-c2nc(C(Cc3ccccc3)n3ccc(-c4cc(Cl)ccc4Cl)cc3=O)[nH]c2Cl)cc1. The fourth-order valence-corrected chi connectivity index (χ4v) is 5.00. The van der Waals surface area contributed by atoms with E-state index in [-0.39, 0.29) is 5.56 Å². The van der Waals surface area contributed by atoms with Crippen molar-refractivity contribution in [3.05, 3.63) is 128 Å². The van der Waals surface area contributed by atoms with Crippen LogP contribution in [-0.2, 0) is 6.42 Å². The van der Waals surface area contributed by atoms with Crippen LogP contribution < -0.4 is 10.9 Å². The molecule has 2 aromatic heterocycles. The summed E-state index contributed by atoms with van der Waals surface area (Å²) in [4.78, 5) is 32.3. The maximum Gasteiger partial charge on any atom is 0.409 e. The number of pyridine rings is 1. The van der Waals surface area contributed by atoms with E-state index in [0.29, 0.717) is 55.5 Å². The van der Waals surface area contributed by atoms with E-state index in [1.807, 2.05) is 36.4 Å². The van der Waals surface area contributed by atoms with E-state index >= 15 is 0 Å². The number of rotatable bonds is 7. The van der Waals surface area contributed by atoms with Gasteiger partial charge in [-0.05, 0) is 47.5 Å². The van der Waals surface area contributed by atoms with Crippen LogP contribution in [0.3, 0.4) is 0 Å². The second kappa shape index (κ2) is 11.4. The summed E-state index contributed by atoms with van der Waals surface area (Å²) in [5, 5.41) is 12.5. The molecule has 3 N–H and O–H groups in total. The molecule has 39 heavy (non-hydrogen) atoms. The Morgan fingerprint density at radius 2 is 1.69 bits per heavy atom. The fraction of sp³-hybridized carbons (Fsp3) is 0.0690. The number of hydrogen-bond donors (Lipinski definition) is 3. The van der Waals surface area contributed by atoms with E-state index in [1.54, 1.807) is 53.2 Å². The van der Waals surface area contributed by atoms with Crippen molar-refractivity contribution in [2.75, 3.05) is 5.32 Å². The maximum absolute atomic E-state index is 13.5. The number of benzene rings is 3. The van der Waals surface area contributed by atoms with Crippen molar-refractivity contribution in [2.45, 2.75) is 12.5 Å². The number of H-pyrrole nitrogens is 1. The lowest BCUT2D eigenvalue weighted by Gasteiger charge is -2.19. The van der Waals surface area contributed by atoms with Gasteiger partial charge in [0, 0.05) is 45.5 Å². The van der Waals surface area contributed by atoms with Crippen molar-refractivity contribution in [3.63, 3.8) is 0 Å². The van der Waals surface area contributed by atoms with Crippen LogP contribution in [0.25, 0.3) is 22.4 Å². The van der Waals surface area contributed by atoms with Crippen molar-refractivity contribution in [1.29, 1.82) is 0 Å². The van der Waals surface area contributed by atoms with E-state index in [2.05, 4.69) is 10.3 Å². The lowest BCUT2D eigenvalue weighted by atomic mass is 10.0. The summed E-state index contributed by atoms with van der Waals surface area (Å²) in [6, 6.07) is 24.4. The van der Waals surface area contributed by atoms with Crippen LogP contribution in [0.15, 0.2) is 95.9 Å². The fourth-order valence-electron chi connectivity index (χ4n) is 4.35. The molecule has 0 fully saturated rings. The van der Waals surface area contributed by atoms with Crippen molar-refractivity contribution in [3.8, 4) is 22.4 Å². The first-order valence-electron chi connectivity index (χ1n) is 11.9. The van der Waals surface area contributed by atoms with E-state index in [1.165, 1.54) is 6.07 Å². The topological polar surface area (TPSA) is 100 Å². The molecule has 5 aromatic rings. The monoisotopic (exact) mass is 578 g/mol. The molecule has 196 valence electrons. The molecule has 3 aromatic carbocycles. The average molecular weight is 580 g/mol. The highest BCUT2D eigenvalue weighted by molar-refractivity contribution is 6.35. The number of halogens is 3. The quantitative estimate of drug-likeness (QED) is 0.183. The zero-order valence-electron chi connectivity index (χ0n) is 20.2. The lowest BCUT2D eigenvalue weighted by Crippen LogP contribution is -2.27. The van der Waals surface area contributed by atoms with Gasteiger partial charge in [-0.1, -0.05) is 77.3 Å². The Balaban J connectivity index is 1.55. The number of nitrogens with one attached hydrogen (secondary N) is 2. The molecule has 1 atom stereocenters. The number of aromatic amines is 1. The van der Waals surface area contributed by atoms with Crippen molar-refractivity contribution in [2.24, 2.45) is 0 Å². The zero-order chi connectivity index (χ0) is 27.5. The van der Waals surface area contributed by atoms with Gasteiger partial charge in [-0.2, -0.15) is 0 Å². The third-order valence-electron chi connectivity index (χ3n) is 6.20. The van der Waals surface area contributed by atoms with Gasteiger partial charge in [0.1, 0.15) is 16.7 Å². The summed E-state index contributed by atoms with van der Waals surface area (Å²) >= 11 is 19.1. The molecule has 1 amide bonds. The van der Waals surface area contributed by atoms with Crippen LogP contribution in [0, 0.1) is 0 Å². The molecule has 0 bridgehead atoms. The predicted octanol–water partition coefficient (Wildman–Crippen LogP) is 7.79. The van der Waals surface area contributed by atoms with Crippen LogP contribution >= 0.6 is 34.8 Å². The van der Waals surface area contributed by atoms with Gasteiger partial charge in [0.15, 0.2) is 0 Å². The minimum absolute atomic E-state index is 0.248. The minimum Gasteiger partial charge on any atom is -0.465 e. The molecule has 0 radical (unpaired) electrons. The summed E-state index contributed by atoms with van der Waals surface area (Å²) in [5.41, 5.74) is 3.67. The van der Waals surface area contributed by atoms with Crippen LogP contribution in [0.1, 0.15) is 17.4 Å². The molecule has 1 unspecified atom stereocenters. The summed E-state index contributed by atoms with van der Waals surface area (Å²) in [6.07, 6.45) is 1.04. The largest absolute Gasteiger partial charge is 0.465 e. The Hall–Kier alpha value is -4.04. The third kappa shape index (κ3) is 6.01. The molecule has 0 spiro atoms. The second-order valence-electron chi connectivity index (χ2n) is 8.78. The molecule has 0 aliphatic rings. The van der Waals surface area contributed by atoms with Gasteiger partial charge in [-0.3, -0.25) is 10.1 Å². The number of carboxylic acid groups (broad SMARTS) is 1. The highest BCUT2D eigenvalue weighted by Crippen LogP contribution is 2.32. The molecule has 5 rings (SSSR count). The summed E-state index contributed by atoms with van der Waals surface area (Å²) in [5.74, 6) is 0.502. The summed E-state index contributed by atoms with van der Waals surface area (Å²) in [7, 11) is 0. The molecule has 0 saturated carbocycles. The Bertz CT molecular complexity index is 1700. The Morgan fingerprint density at radius 3 is 2.38 bits per heavy atom. The van der Waals surface area contributed by atoms with E-state index in [4.69, 9.17) is 44.9 Å². The number of anilines is 1. The molecule has 0 saturated heterocycles. The zero-order valence-corrected chi connectivity index (χ0v) is 22.5. The summed E-state index contributed by atoms with van der Waals surface area (Å²) in [6.45, 7) is 0. The van der Waals surface area contributed by atoms with E-state index in [9.17, 15) is 9.59 Å². The summed E-state index contributed by atoms with van der Waals surface area (Å²) < 4.78 is 1.60. The normalized spacial score (nSPS) is 11.8. The van der Waals surface area contributed by atoms with Crippen molar-refractivity contribution >= 4 is 46.6 Å². The molecular weight excluding hydrogens is 559 g/mol. The van der Waals surface area contributed by atoms with Gasteiger partial charge in [0.2, 0.25) is 0 Å². The maximum atomic E-state index is 13.5. The smallest absolute Gasteiger partial charge is 0.409 e. The van der Waals surface area contributed by atoms with E-state index in [0.717, 1.165) is 5.56 Å². The first-order chi connectivity index (χ1) is 18.8. The molecule has 0 aliphatic heterocycles. The van der Waals surface area contributed by atoms with Gasteiger partial charge in [0.05, 0.1) is 6.04 Å². The number of imidazole rings is 1. The van der Waals surface area contributed by atoms with Gasteiger partial charge in [-0.15, -0.1) is 0 Å². The number of aromatic nitrogens is 3. The highest BCUT2D eigenvalue weighted by Gasteiger charge is 2.22. The highest BCUT2D eigenvalue weighted by atomic mass is 35.5. The molecule has 10 heteroatoms. The minimum atomic E-state index is -1.15. The average Bonchev–Trinajstić information content (AvgIpc) is 3.31. The van der Waals surface area contributed by atoms with Gasteiger partial charge < -0.3 is 14.7 Å². The van der Waals surface area contributed by atoms with Crippen molar-refractivity contribution < 1.29 is 9.90 Å². The van der Waals surface area contributed by atoms with Crippen LogP contribution in [0.2, 0.25) is 15.2 Å². The van der Waals surface area contributed by atoms with Gasteiger partial charge >= 0.3 is 6.09 Å². The Labute approximate surface area is 238 Å². The molecule has 0 aliphatic carbocycles. The van der Waals surface area contributed by atoms with Crippen molar-refractivity contribution in [1.82, 2.24) is 14.5 Å². The molecule has 7 nitrogen and oxygen atoms in total. The predicted molar refractivity (Wildman–Crippen MR) is 155 cm³/mol. The lowest BCUT2D eigenvalue weighted by molar-refractivity contribution is 0.209. The number of nitrogens with zero attached hydrogens (tertiary/aromatic N) is 2. The number of carbonyl (C=O) groups is 1.